The summed E-state index contributed by atoms with van der Waals surface area (Å²) in [7, 11) is 0. The number of unbranched alkanes of at least 4 members (excludes halogenated alkanes) is 1. The van der Waals surface area contributed by atoms with E-state index in [1.807, 2.05) is 6.92 Å². The van der Waals surface area contributed by atoms with Gasteiger partial charge in [0, 0.05) is 31.4 Å². The van der Waals surface area contributed by atoms with Crippen molar-refractivity contribution >= 4 is 17.6 Å². The predicted molar refractivity (Wildman–Crippen MR) is 87.5 cm³/mol. The number of nitrogens with zero attached hydrogens (tertiary/aromatic N) is 1. The number of carbonyl (C=O) groups excluding carboxylic acids is 2. The third-order valence-electron chi connectivity index (χ3n) is 3.30. The normalized spacial score (nSPS) is 10.2. The molecule has 0 aromatic heterocycles. The molecular formula is C17H23NO6. The van der Waals surface area contributed by atoms with Crippen molar-refractivity contribution in [2.45, 2.75) is 45.4 Å². The molecule has 0 aliphatic rings. The minimum atomic E-state index is -0.463. The van der Waals surface area contributed by atoms with Crippen LogP contribution in [0.3, 0.4) is 0 Å². The average molecular weight is 337 g/mol. The van der Waals surface area contributed by atoms with E-state index in [9.17, 15) is 19.7 Å². The minimum absolute atomic E-state index is 0.0143. The van der Waals surface area contributed by atoms with Crippen LogP contribution in [0.5, 0.6) is 0 Å². The van der Waals surface area contributed by atoms with Gasteiger partial charge in [-0.25, -0.2) is 0 Å². The van der Waals surface area contributed by atoms with Gasteiger partial charge in [-0.15, -0.1) is 0 Å². The third kappa shape index (κ3) is 8.26. The van der Waals surface area contributed by atoms with Gasteiger partial charge in [-0.05, 0) is 18.4 Å². The zero-order valence-electron chi connectivity index (χ0n) is 13.9. The second-order valence-electron chi connectivity index (χ2n) is 5.33. The van der Waals surface area contributed by atoms with Crippen LogP contribution in [0.25, 0.3) is 0 Å². The Labute approximate surface area is 141 Å². The maximum atomic E-state index is 11.6. The van der Waals surface area contributed by atoms with E-state index in [0.717, 1.165) is 18.4 Å². The van der Waals surface area contributed by atoms with Crippen molar-refractivity contribution in [3.63, 3.8) is 0 Å². The summed E-state index contributed by atoms with van der Waals surface area (Å²) >= 11 is 0. The van der Waals surface area contributed by atoms with E-state index in [-0.39, 0.29) is 37.1 Å². The van der Waals surface area contributed by atoms with Crippen molar-refractivity contribution in [2.75, 3.05) is 13.2 Å². The maximum Gasteiger partial charge on any atom is 0.305 e. The van der Waals surface area contributed by atoms with E-state index >= 15 is 0 Å². The summed E-state index contributed by atoms with van der Waals surface area (Å²) in [6, 6.07) is 6.21. The Morgan fingerprint density at radius 2 is 1.75 bits per heavy atom. The van der Waals surface area contributed by atoms with Gasteiger partial charge in [-0.3, -0.25) is 19.7 Å². The number of hydrogen-bond acceptors (Lipinski definition) is 6. The topological polar surface area (TPSA) is 95.7 Å². The van der Waals surface area contributed by atoms with E-state index in [1.165, 1.54) is 12.1 Å². The van der Waals surface area contributed by atoms with Crippen molar-refractivity contribution in [3.8, 4) is 0 Å². The standard InChI is InChI=1S/C17H23NO6/c1-2-3-11-23-16(19)8-5-9-17(20)24-12-10-14-6-4-7-15(13-14)18(21)22/h4,6-7,13H,2-3,5,8-12H2,1H3. The predicted octanol–water partition coefficient (Wildman–Crippen LogP) is 3.19. The van der Waals surface area contributed by atoms with Crippen LogP contribution in [-0.4, -0.2) is 30.1 Å². The van der Waals surface area contributed by atoms with Crippen LogP contribution in [0.4, 0.5) is 5.69 Å². The number of hydrogen-bond donors (Lipinski definition) is 0. The lowest BCUT2D eigenvalue weighted by Gasteiger charge is -2.06. The van der Waals surface area contributed by atoms with Gasteiger partial charge in [0.1, 0.15) is 0 Å². The van der Waals surface area contributed by atoms with Crippen LogP contribution < -0.4 is 0 Å². The Morgan fingerprint density at radius 1 is 1.08 bits per heavy atom. The molecule has 0 spiro atoms. The maximum absolute atomic E-state index is 11.6. The molecule has 132 valence electrons. The van der Waals surface area contributed by atoms with Gasteiger partial charge in [-0.2, -0.15) is 0 Å². The summed E-state index contributed by atoms with van der Waals surface area (Å²) in [5.41, 5.74) is 0.747. The summed E-state index contributed by atoms with van der Waals surface area (Å²) in [5, 5.41) is 10.7. The second kappa shape index (κ2) is 11.2. The summed E-state index contributed by atoms with van der Waals surface area (Å²) in [6.07, 6.45) is 2.95. The second-order valence-corrected chi connectivity index (χ2v) is 5.33. The SMILES string of the molecule is CCCCOC(=O)CCCC(=O)OCCc1cccc([N+](=O)[O-])c1. The Hall–Kier alpha value is -2.44. The third-order valence-corrected chi connectivity index (χ3v) is 3.30. The fourth-order valence-corrected chi connectivity index (χ4v) is 1.96. The molecule has 0 atom stereocenters. The first kappa shape index (κ1) is 19.6. The van der Waals surface area contributed by atoms with Crippen molar-refractivity contribution in [2.24, 2.45) is 0 Å². The number of benzene rings is 1. The molecule has 1 aromatic carbocycles. The van der Waals surface area contributed by atoms with Crippen LogP contribution >= 0.6 is 0 Å². The molecule has 7 nitrogen and oxygen atoms in total. The van der Waals surface area contributed by atoms with Gasteiger partial charge in [0.25, 0.3) is 5.69 Å². The Kier molecular flexibility index (Phi) is 9.11. The summed E-state index contributed by atoms with van der Waals surface area (Å²) in [6.45, 7) is 2.58. The molecule has 0 radical (unpaired) electrons. The van der Waals surface area contributed by atoms with E-state index in [0.29, 0.717) is 19.4 Å². The molecule has 0 bridgehead atoms. The lowest BCUT2D eigenvalue weighted by Crippen LogP contribution is -2.10. The highest BCUT2D eigenvalue weighted by molar-refractivity contribution is 5.72. The van der Waals surface area contributed by atoms with Crippen LogP contribution in [-0.2, 0) is 25.5 Å². The van der Waals surface area contributed by atoms with Crippen LogP contribution in [0.1, 0.15) is 44.6 Å². The molecule has 0 saturated carbocycles. The molecule has 24 heavy (non-hydrogen) atoms. The number of rotatable bonds is 11. The fraction of sp³-hybridized carbons (Fsp3) is 0.529. The van der Waals surface area contributed by atoms with Gasteiger partial charge in [0.15, 0.2) is 0 Å². The molecule has 0 N–H and O–H groups in total. The summed E-state index contributed by atoms with van der Waals surface area (Å²) in [5.74, 6) is -0.686. The molecule has 7 heteroatoms. The van der Waals surface area contributed by atoms with E-state index in [2.05, 4.69) is 0 Å². The molecule has 1 rings (SSSR count). The molecule has 0 heterocycles. The molecule has 1 aromatic rings. The smallest absolute Gasteiger partial charge is 0.305 e. The molecule has 0 aliphatic heterocycles. The first-order chi connectivity index (χ1) is 11.5. The van der Waals surface area contributed by atoms with E-state index in [4.69, 9.17) is 9.47 Å². The Morgan fingerprint density at radius 3 is 2.38 bits per heavy atom. The Balaban J connectivity index is 2.17. The van der Waals surface area contributed by atoms with Crippen molar-refractivity contribution < 1.29 is 24.0 Å². The van der Waals surface area contributed by atoms with Crippen molar-refractivity contribution in [3.05, 3.63) is 39.9 Å². The van der Waals surface area contributed by atoms with Crippen LogP contribution in [0, 0.1) is 10.1 Å². The van der Waals surface area contributed by atoms with Crippen LogP contribution in [0.15, 0.2) is 24.3 Å². The highest BCUT2D eigenvalue weighted by Gasteiger charge is 2.09. The summed E-state index contributed by atoms with van der Waals surface area (Å²) in [4.78, 5) is 33.1. The minimum Gasteiger partial charge on any atom is -0.466 e. The lowest BCUT2D eigenvalue weighted by atomic mass is 10.1. The lowest BCUT2D eigenvalue weighted by molar-refractivity contribution is -0.384. The number of esters is 2. The Bertz CT molecular complexity index is 558. The summed E-state index contributed by atoms with van der Waals surface area (Å²) < 4.78 is 10.1. The molecular weight excluding hydrogens is 314 g/mol. The molecule has 0 amide bonds. The highest BCUT2D eigenvalue weighted by Crippen LogP contribution is 2.13. The number of ether oxygens (including phenoxy) is 2. The number of nitro groups is 1. The van der Waals surface area contributed by atoms with Gasteiger partial charge in [0.05, 0.1) is 18.1 Å². The van der Waals surface area contributed by atoms with Gasteiger partial charge < -0.3 is 9.47 Å². The quantitative estimate of drug-likeness (QED) is 0.266. The van der Waals surface area contributed by atoms with Crippen LogP contribution in [0.2, 0.25) is 0 Å². The zero-order valence-corrected chi connectivity index (χ0v) is 13.9. The van der Waals surface area contributed by atoms with Gasteiger partial charge in [0.2, 0.25) is 0 Å². The molecule has 0 saturated heterocycles. The van der Waals surface area contributed by atoms with Gasteiger partial charge >= 0.3 is 11.9 Å². The first-order valence-corrected chi connectivity index (χ1v) is 8.07. The van der Waals surface area contributed by atoms with Crippen molar-refractivity contribution in [1.82, 2.24) is 0 Å². The monoisotopic (exact) mass is 337 g/mol. The van der Waals surface area contributed by atoms with E-state index in [1.54, 1.807) is 12.1 Å². The fourth-order valence-electron chi connectivity index (χ4n) is 1.96. The van der Waals surface area contributed by atoms with Crippen molar-refractivity contribution in [1.29, 1.82) is 0 Å². The molecule has 0 fully saturated rings. The number of nitro benzene ring substituents is 1. The molecule has 0 unspecified atom stereocenters. The molecule has 0 aliphatic carbocycles. The highest BCUT2D eigenvalue weighted by atomic mass is 16.6. The largest absolute Gasteiger partial charge is 0.466 e. The average Bonchev–Trinajstić information content (AvgIpc) is 2.55. The first-order valence-electron chi connectivity index (χ1n) is 8.07. The number of non-ortho nitro benzene ring substituents is 1. The van der Waals surface area contributed by atoms with E-state index < -0.39 is 4.92 Å². The zero-order chi connectivity index (χ0) is 17.8. The number of carbonyl (C=O) groups is 2. The van der Waals surface area contributed by atoms with Gasteiger partial charge in [-0.1, -0.05) is 25.5 Å².